The highest BCUT2D eigenvalue weighted by molar-refractivity contribution is 5.80. The van der Waals surface area contributed by atoms with Crippen LogP contribution in [-0.4, -0.2) is 80.3 Å². The molecule has 0 radical (unpaired) electrons. The van der Waals surface area contributed by atoms with E-state index < -0.39 is 0 Å². The van der Waals surface area contributed by atoms with E-state index in [-0.39, 0.29) is 0 Å². The van der Waals surface area contributed by atoms with Crippen LogP contribution in [0.5, 0.6) is 5.88 Å². The van der Waals surface area contributed by atoms with Crippen LogP contribution < -0.4 is 10.1 Å². The molecule has 3 rings (SSSR count). The zero-order chi connectivity index (χ0) is 18.9. The molecule has 2 aliphatic heterocycles. The summed E-state index contributed by atoms with van der Waals surface area (Å²) in [5.41, 5.74) is 1.13. The largest absolute Gasteiger partial charge is 0.478 e. The summed E-state index contributed by atoms with van der Waals surface area (Å²) in [7, 11) is 1.86. The summed E-state index contributed by atoms with van der Waals surface area (Å²) in [5, 5.41) is 3.48. The highest BCUT2D eigenvalue weighted by Crippen LogP contribution is 2.18. The number of likely N-dealkylation sites (tertiary alicyclic amines) is 1. The molecule has 0 amide bonds. The summed E-state index contributed by atoms with van der Waals surface area (Å²) < 4.78 is 11.0. The van der Waals surface area contributed by atoms with Gasteiger partial charge in [0, 0.05) is 58.6 Å². The van der Waals surface area contributed by atoms with Crippen LogP contribution in [0.2, 0.25) is 0 Å². The molecule has 1 aromatic rings. The Morgan fingerprint density at radius 1 is 1.33 bits per heavy atom. The molecule has 0 saturated carbocycles. The summed E-state index contributed by atoms with van der Waals surface area (Å²) in [6.45, 7) is 10.7. The second-order valence-electron chi connectivity index (χ2n) is 7.27. The number of hydrogen-bond donors (Lipinski definition) is 1. The molecule has 3 heterocycles. The second-order valence-corrected chi connectivity index (χ2v) is 7.27. The molecule has 27 heavy (non-hydrogen) atoms. The number of nitrogens with zero attached hydrogens (tertiary/aromatic N) is 4. The number of aliphatic imine (C=N–C) groups is 1. The summed E-state index contributed by atoms with van der Waals surface area (Å²) >= 11 is 0. The van der Waals surface area contributed by atoms with Gasteiger partial charge in [-0.15, -0.1) is 0 Å². The monoisotopic (exact) mass is 375 g/mol. The predicted molar refractivity (Wildman–Crippen MR) is 107 cm³/mol. The maximum atomic E-state index is 5.54. The Balaban J connectivity index is 1.43. The molecule has 0 aromatic carbocycles. The lowest BCUT2D eigenvalue weighted by Gasteiger charge is -2.29. The van der Waals surface area contributed by atoms with Gasteiger partial charge in [0.25, 0.3) is 0 Å². The van der Waals surface area contributed by atoms with Crippen LogP contribution in [0.15, 0.2) is 23.3 Å². The fraction of sp³-hybridized carbons (Fsp3) is 0.700. The van der Waals surface area contributed by atoms with Crippen molar-refractivity contribution in [2.24, 2.45) is 10.9 Å². The van der Waals surface area contributed by atoms with Gasteiger partial charge in [-0.3, -0.25) is 9.89 Å². The minimum atomic E-state index is 0.690. The molecule has 1 aromatic heterocycles. The molecule has 2 aliphatic rings. The topological polar surface area (TPSA) is 62.2 Å². The number of pyridine rings is 1. The van der Waals surface area contributed by atoms with Crippen LogP contribution in [-0.2, 0) is 11.3 Å². The third kappa shape index (κ3) is 6.07. The van der Waals surface area contributed by atoms with E-state index in [1.165, 1.54) is 13.0 Å². The van der Waals surface area contributed by atoms with E-state index in [9.17, 15) is 0 Å². The summed E-state index contributed by atoms with van der Waals surface area (Å²) in [6.07, 6.45) is 4.09. The first-order valence-electron chi connectivity index (χ1n) is 10.1. The first-order chi connectivity index (χ1) is 13.3. The van der Waals surface area contributed by atoms with E-state index in [4.69, 9.17) is 9.47 Å². The van der Waals surface area contributed by atoms with Crippen molar-refractivity contribution in [2.75, 3.05) is 59.6 Å². The number of hydrogen-bond acceptors (Lipinski definition) is 5. The number of morpholine rings is 1. The van der Waals surface area contributed by atoms with Gasteiger partial charge in [0.15, 0.2) is 5.96 Å². The molecule has 0 spiro atoms. The zero-order valence-corrected chi connectivity index (χ0v) is 16.7. The quantitative estimate of drug-likeness (QED) is 0.577. The number of rotatable bonds is 7. The second kappa shape index (κ2) is 10.5. The van der Waals surface area contributed by atoms with Crippen LogP contribution >= 0.6 is 0 Å². The Morgan fingerprint density at radius 2 is 2.19 bits per heavy atom. The first-order valence-corrected chi connectivity index (χ1v) is 10.1. The molecule has 0 bridgehead atoms. The molecule has 7 nitrogen and oxygen atoms in total. The minimum absolute atomic E-state index is 0.690. The molecule has 150 valence electrons. The van der Waals surface area contributed by atoms with E-state index in [0.29, 0.717) is 18.4 Å². The van der Waals surface area contributed by atoms with Gasteiger partial charge < -0.3 is 19.7 Å². The van der Waals surface area contributed by atoms with Gasteiger partial charge in [-0.1, -0.05) is 13.0 Å². The molecule has 1 atom stereocenters. The van der Waals surface area contributed by atoms with E-state index in [1.807, 2.05) is 19.3 Å². The third-order valence-electron chi connectivity index (χ3n) is 5.12. The minimum Gasteiger partial charge on any atom is -0.478 e. The Labute approximate surface area is 162 Å². The van der Waals surface area contributed by atoms with Gasteiger partial charge in [0.2, 0.25) is 5.88 Å². The Hall–Kier alpha value is -1.86. The number of ether oxygens (including phenoxy) is 2. The van der Waals surface area contributed by atoms with E-state index in [2.05, 4.69) is 38.1 Å². The Bertz CT molecular complexity index is 587. The standard InChI is InChI=1S/C20H33N5O2/c1-3-10-27-19-5-4-17(13-22-19)14-23-20(21-2)25-7-6-18(16-25)15-24-8-11-26-12-9-24/h4-5,13,18H,3,6-12,14-16H2,1-2H3,(H,21,23). The van der Waals surface area contributed by atoms with Crippen molar-refractivity contribution >= 4 is 5.96 Å². The zero-order valence-electron chi connectivity index (χ0n) is 16.7. The van der Waals surface area contributed by atoms with E-state index in [0.717, 1.165) is 63.9 Å². The SMILES string of the molecule is CCCOc1ccc(CNC(=NC)N2CCC(CN3CCOCC3)C2)cn1. The summed E-state index contributed by atoms with van der Waals surface area (Å²) in [5.74, 6) is 2.37. The van der Waals surface area contributed by atoms with Crippen LogP contribution in [0.1, 0.15) is 25.3 Å². The third-order valence-corrected chi connectivity index (χ3v) is 5.12. The van der Waals surface area contributed by atoms with Crippen LogP contribution in [0.25, 0.3) is 0 Å². The van der Waals surface area contributed by atoms with Gasteiger partial charge in [-0.05, 0) is 24.3 Å². The normalized spacial score (nSPS) is 21.5. The first kappa shape index (κ1) is 19.9. The van der Waals surface area contributed by atoms with Crippen molar-refractivity contribution in [2.45, 2.75) is 26.3 Å². The van der Waals surface area contributed by atoms with Crippen molar-refractivity contribution in [1.82, 2.24) is 20.1 Å². The fourth-order valence-corrected chi connectivity index (χ4v) is 3.64. The Kier molecular flexibility index (Phi) is 7.71. The lowest BCUT2D eigenvalue weighted by atomic mass is 10.1. The molecule has 7 heteroatoms. The molecule has 2 fully saturated rings. The highest BCUT2D eigenvalue weighted by Gasteiger charge is 2.27. The van der Waals surface area contributed by atoms with Crippen molar-refractivity contribution in [3.8, 4) is 5.88 Å². The number of nitrogens with one attached hydrogen (secondary N) is 1. The molecular formula is C20H33N5O2. The predicted octanol–water partition coefficient (Wildman–Crippen LogP) is 1.60. The number of guanidine groups is 1. The van der Waals surface area contributed by atoms with Gasteiger partial charge in [-0.2, -0.15) is 0 Å². The fourth-order valence-electron chi connectivity index (χ4n) is 3.64. The lowest BCUT2D eigenvalue weighted by Crippen LogP contribution is -2.42. The summed E-state index contributed by atoms with van der Waals surface area (Å²) in [4.78, 5) is 13.7. The van der Waals surface area contributed by atoms with Crippen molar-refractivity contribution in [1.29, 1.82) is 0 Å². The lowest BCUT2D eigenvalue weighted by molar-refractivity contribution is 0.0315. The average molecular weight is 376 g/mol. The molecule has 1 unspecified atom stereocenters. The van der Waals surface area contributed by atoms with Crippen LogP contribution in [0, 0.1) is 5.92 Å². The molecular weight excluding hydrogens is 342 g/mol. The van der Waals surface area contributed by atoms with E-state index in [1.54, 1.807) is 0 Å². The number of aromatic nitrogens is 1. The molecule has 2 saturated heterocycles. The Morgan fingerprint density at radius 3 is 2.89 bits per heavy atom. The molecule has 0 aliphatic carbocycles. The molecule has 1 N–H and O–H groups in total. The van der Waals surface area contributed by atoms with Gasteiger partial charge in [0.05, 0.1) is 19.8 Å². The maximum absolute atomic E-state index is 5.54. The maximum Gasteiger partial charge on any atom is 0.213 e. The summed E-state index contributed by atoms with van der Waals surface area (Å²) in [6, 6.07) is 3.99. The van der Waals surface area contributed by atoms with Crippen molar-refractivity contribution in [3.05, 3.63) is 23.9 Å². The van der Waals surface area contributed by atoms with Crippen molar-refractivity contribution < 1.29 is 9.47 Å². The van der Waals surface area contributed by atoms with Gasteiger partial charge in [0.1, 0.15) is 0 Å². The highest BCUT2D eigenvalue weighted by atomic mass is 16.5. The van der Waals surface area contributed by atoms with E-state index >= 15 is 0 Å². The van der Waals surface area contributed by atoms with Crippen LogP contribution in [0.3, 0.4) is 0 Å². The smallest absolute Gasteiger partial charge is 0.213 e. The van der Waals surface area contributed by atoms with Crippen molar-refractivity contribution in [3.63, 3.8) is 0 Å². The van der Waals surface area contributed by atoms with Crippen LogP contribution in [0.4, 0.5) is 0 Å². The van der Waals surface area contributed by atoms with Gasteiger partial charge >= 0.3 is 0 Å². The average Bonchev–Trinajstić information content (AvgIpc) is 3.17. The van der Waals surface area contributed by atoms with Gasteiger partial charge in [-0.25, -0.2) is 4.98 Å².